The summed E-state index contributed by atoms with van der Waals surface area (Å²) in [6, 6.07) is 8.45. The fraction of sp³-hybridized carbons (Fsp3) is 0.438. The molecule has 3 rings (SSSR count). The van der Waals surface area contributed by atoms with E-state index in [0.717, 1.165) is 18.6 Å². The van der Waals surface area contributed by atoms with Crippen molar-refractivity contribution in [1.82, 2.24) is 14.9 Å². The van der Waals surface area contributed by atoms with Crippen molar-refractivity contribution in [3.63, 3.8) is 0 Å². The molecule has 1 saturated carbocycles. The number of anilines is 1. The maximum absolute atomic E-state index is 6.05. The molecule has 1 aliphatic rings. The molecule has 0 saturated heterocycles. The molecule has 1 aromatic carbocycles. The minimum absolute atomic E-state index is 0.481. The van der Waals surface area contributed by atoms with Crippen LogP contribution in [-0.2, 0) is 5.75 Å². The Balaban J connectivity index is 1.59. The van der Waals surface area contributed by atoms with E-state index in [9.17, 15) is 0 Å². The molecular formula is C16H22N6S. The summed E-state index contributed by atoms with van der Waals surface area (Å²) in [5.41, 5.74) is 6.63. The number of hydrazone groups is 1. The van der Waals surface area contributed by atoms with Gasteiger partial charge in [-0.25, -0.2) is 10.1 Å². The third kappa shape index (κ3) is 4.25. The number of nitrogens with one attached hydrogen (secondary N) is 1. The molecule has 0 unspecified atom stereocenters. The summed E-state index contributed by atoms with van der Waals surface area (Å²) in [5.74, 6) is 7.34. The molecule has 2 aromatic rings. The molecule has 0 spiro atoms. The van der Waals surface area contributed by atoms with Crippen molar-refractivity contribution in [2.45, 2.75) is 49.9 Å². The van der Waals surface area contributed by atoms with Gasteiger partial charge in [0.1, 0.15) is 0 Å². The van der Waals surface area contributed by atoms with E-state index in [-0.39, 0.29) is 0 Å². The van der Waals surface area contributed by atoms with Crippen LogP contribution in [0.4, 0.5) is 5.95 Å². The van der Waals surface area contributed by atoms with E-state index < -0.39 is 0 Å². The second-order valence-electron chi connectivity index (χ2n) is 5.80. The molecule has 1 fully saturated rings. The Kier molecular flexibility index (Phi) is 5.17. The van der Waals surface area contributed by atoms with Crippen molar-refractivity contribution in [2.24, 2.45) is 5.10 Å². The standard InChI is InChI=1S/C16H22N6S/c1-12-7-9-13(10-8-12)11-23-16-21-20-15(22(16)17)19-18-14-5-3-2-4-6-14/h7-10H,2-6,11,17H2,1H3,(H,19,20). The monoisotopic (exact) mass is 330 g/mol. The normalized spacial score (nSPS) is 14.7. The van der Waals surface area contributed by atoms with Crippen molar-refractivity contribution in [2.75, 3.05) is 11.3 Å². The second kappa shape index (κ2) is 7.50. The van der Waals surface area contributed by atoms with Gasteiger partial charge in [0.05, 0.1) is 0 Å². The highest BCUT2D eigenvalue weighted by Crippen LogP contribution is 2.22. The summed E-state index contributed by atoms with van der Waals surface area (Å²) >= 11 is 1.56. The number of thioether (sulfide) groups is 1. The van der Waals surface area contributed by atoms with Crippen LogP contribution in [0.15, 0.2) is 34.5 Å². The van der Waals surface area contributed by atoms with Crippen molar-refractivity contribution >= 4 is 23.4 Å². The van der Waals surface area contributed by atoms with Gasteiger partial charge in [-0.05, 0) is 38.2 Å². The lowest BCUT2D eigenvalue weighted by atomic mass is 9.99. The zero-order chi connectivity index (χ0) is 16.1. The van der Waals surface area contributed by atoms with Crippen molar-refractivity contribution in [3.05, 3.63) is 35.4 Å². The van der Waals surface area contributed by atoms with Crippen LogP contribution >= 0.6 is 11.8 Å². The molecule has 6 nitrogen and oxygen atoms in total. The quantitative estimate of drug-likeness (QED) is 0.499. The number of aryl methyl sites for hydroxylation is 1. The first-order valence-corrected chi connectivity index (χ1v) is 8.91. The van der Waals surface area contributed by atoms with Gasteiger partial charge < -0.3 is 5.84 Å². The van der Waals surface area contributed by atoms with E-state index in [1.165, 1.54) is 40.8 Å². The first-order chi connectivity index (χ1) is 11.2. The van der Waals surface area contributed by atoms with Gasteiger partial charge in [0.25, 0.3) is 5.95 Å². The molecule has 0 radical (unpaired) electrons. The van der Waals surface area contributed by atoms with Crippen LogP contribution < -0.4 is 11.3 Å². The van der Waals surface area contributed by atoms with Crippen LogP contribution in [0.2, 0.25) is 0 Å². The molecule has 3 N–H and O–H groups in total. The maximum atomic E-state index is 6.05. The smallest absolute Gasteiger partial charge is 0.264 e. The maximum Gasteiger partial charge on any atom is 0.264 e. The zero-order valence-corrected chi connectivity index (χ0v) is 14.1. The summed E-state index contributed by atoms with van der Waals surface area (Å²) < 4.78 is 1.46. The molecule has 122 valence electrons. The van der Waals surface area contributed by atoms with Crippen molar-refractivity contribution in [3.8, 4) is 0 Å². The fourth-order valence-electron chi connectivity index (χ4n) is 2.48. The Morgan fingerprint density at radius 3 is 2.65 bits per heavy atom. The van der Waals surface area contributed by atoms with Gasteiger partial charge in [0.2, 0.25) is 5.16 Å². The lowest BCUT2D eigenvalue weighted by Gasteiger charge is -2.12. The Morgan fingerprint density at radius 1 is 1.17 bits per heavy atom. The van der Waals surface area contributed by atoms with Gasteiger partial charge in [-0.3, -0.25) is 0 Å². The summed E-state index contributed by atoms with van der Waals surface area (Å²) in [6.07, 6.45) is 5.84. The van der Waals surface area contributed by atoms with Gasteiger partial charge in [-0.15, -0.1) is 10.2 Å². The van der Waals surface area contributed by atoms with Crippen LogP contribution in [0.5, 0.6) is 0 Å². The molecule has 1 aliphatic carbocycles. The molecule has 0 amide bonds. The van der Waals surface area contributed by atoms with Crippen LogP contribution in [0.1, 0.15) is 43.2 Å². The highest BCUT2D eigenvalue weighted by atomic mass is 32.2. The average molecular weight is 330 g/mol. The third-order valence-electron chi connectivity index (χ3n) is 3.90. The first-order valence-electron chi connectivity index (χ1n) is 7.92. The number of nitrogen functional groups attached to an aromatic ring is 1. The molecular weight excluding hydrogens is 308 g/mol. The topological polar surface area (TPSA) is 81.1 Å². The number of aromatic nitrogens is 3. The predicted octanol–water partition coefficient (Wildman–Crippen LogP) is 3.32. The van der Waals surface area contributed by atoms with Gasteiger partial charge in [-0.1, -0.05) is 48.0 Å². The van der Waals surface area contributed by atoms with Gasteiger partial charge in [0.15, 0.2) is 0 Å². The largest absolute Gasteiger partial charge is 0.334 e. The third-order valence-corrected chi connectivity index (χ3v) is 4.91. The highest BCUT2D eigenvalue weighted by Gasteiger charge is 2.11. The Morgan fingerprint density at radius 2 is 1.91 bits per heavy atom. The molecule has 1 aromatic heterocycles. The van der Waals surface area contributed by atoms with Crippen LogP contribution in [-0.4, -0.2) is 20.6 Å². The van der Waals surface area contributed by atoms with E-state index in [1.807, 2.05) is 0 Å². The van der Waals surface area contributed by atoms with Crippen LogP contribution in [0, 0.1) is 6.92 Å². The molecule has 0 atom stereocenters. The van der Waals surface area contributed by atoms with Crippen molar-refractivity contribution < 1.29 is 0 Å². The number of rotatable bonds is 5. The minimum Gasteiger partial charge on any atom is -0.334 e. The van der Waals surface area contributed by atoms with Crippen LogP contribution in [0.3, 0.4) is 0 Å². The first kappa shape index (κ1) is 15.9. The average Bonchev–Trinajstić information content (AvgIpc) is 2.93. The van der Waals surface area contributed by atoms with Gasteiger partial charge in [-0.2, -0.15) is 5.10 Å². The lowest BCUT2D eigenvalue weighted by Crippen LogP contribution is -2.14. The van der Waals surface area contributed by atoms with E-state index in [1.54, 1.807) is 11.8 Å². The fourth-order valence-corrected chi connectivity index (χ4v) is 3.30. The molecule has 1 heterocycles. The Bertz CT molecular complexity index is 668. The summed E-state index contributed by atoms with van der Waals surface area (Å²) in [7, 11) is 0. The van der Waals surface area contributed by atoms with Crippen LogP contribution in [0.25, 0.3) is 0 Å². The van der Waals surface area contributed by atoms with E-state index >= 15 is 0 Å². The lowest BCUT2D eigenvalue weighted by molar-refractivity contribution is 0.665. The molecule has 0 aliphatic heterocycles. The SMILES string of the molecule is Cc1ccc(CSc2nnc(NN=C3CCCCC3)n2N)cc1. The number of hydrogen-bond acceptors (Lipinski definition) is 6. The minimum atomic E-state index is 0.481. The second-order valence-corrected chi connectivity index (χ2v) is 6.74. The number of nitrogens with zero attached hydrogens (tertiary/aromatic N) is 4. The van der Waals surface area contributed by atoms with Gasteiger partial charge in [0, 0.05) is 11.5 Å². The van der Waals surface area contributed by atoms with E-state index in [4.69, 9.17) is 5.84 Å². The molecule has 7 heteroatoms. The number of hydrogen-bond donors (Lipinski definition) is 2. The van der Waals surface area contributed by atoms with Crippen molar-refractivity contribution in [1.29, 1.82) is 0 Å². The predicted molar refractivity (Wildman–Crippen MR) is 95.1 cm³/mol. The van der Waals surface area contributed by atoms with E-state index in [0.29, 0.717) is 11.1 Å². The zero-order valence-electron chi connectivity index (χ0n) is 13.3. The number of benzene rings is 1. The summed E-state index contributed by atoms with van der Waals surface area (Å²) in [5, 5.41) is 13.3. The van der Waals surface area contributed by atoms with E-state index in [2.05, 4.69) is 51.9 Å². The van der Waals surface area contributed by atoms with Gasteiger partial charge >= 0.3 is 0 Å². The summed E-state index contributed by atoms with van der Waals surface area (Å²) in [6.45, 7) is 2.08. The molecule has 23 heavy (non-hydrogen) atoms. The highest BCUT2D eigenvalue weighted by molar-refractivity contribution is 7.98. The Labute approximate surface area is 140 Å². The Hall–Kier alpha value is -2.02. The molecule has 0 bridgehead atoms. The summed E-state index contributed by atoms with van der Waals surface area (Å²) in [4.78, 5) is 0. The number of nitrogens with two attached hydrogens (primary N) is 1.